The summed E-state index contributed by atoms with van der Waals surface area (Å²) in [5.74, 6) is 0.686. The molecule has 0 spiro atoms. The van der Waals surface area contributed by atoms with Crippen LogP contribution < -0.4 is 0 Å². The largest absolute Gasteiger partial charge is 0.228 e. The van der Waals surface area contributed by atoms with Crippen LogP contribution in [0.5, 0.6) is 0 Å². The van der Waals surface area contributed by atoms with Gasteiger partial charge in [-0.2, -0.15) is 0 Å². The first-order chi connectivity index (χ1) is 8.24. The minimum absolute atomic E-state index is 0.668. The van der Waals surface area contributed by atoms with Crippen molar-refractivity contribution in [2.24, 2.45) is 0 Å². The van der Waals surface area contributed by atoms with Gasteiger partial charge in [0.2, 0.25) is 0 Å². The Kier molecular flexibility index (Phi) is 2.68. The SMILES string of the molecule is Brc1cn2nc(-c3ccccc3)nc2c(Br)n1. The van der Waals surface area contributed by atoms with Gasteiger partial charge in [0.05, 0.1) is 6.20 Å². The summed E-state index contributed by atoms with van der Waals surface area (Å²) in [5.41, 5.74) is 1.69. The molecule has 0 N–H and O–H groups in total. The van der Waals surface area contributed by atoms with E-state index in [4.69, 9.17) is 0 Å². The van der Waals surface area contributed by atoms with Crippen LogP contribution in [-0.4, -0.2) is 19.6 Å². The van der Waals surface area contributed by atoms with Gasteiger partial charge in [0.15, 0.2) is 16.1 Å². The minimum atomic E-state index is 0.668. The molecule has 17 heavy (non-hydrogen) atoms. The molecule has 0 saturated heterocycles. The van der Waals surface area contributed by atoms with Crippen molar-refractivity contribution in [1.29, 1.82) is 0 Å². The second-order valence-electron chi connectivity index (χ2n) is 3.42. The number of hydrogen-bond acceptors (Lipinski definition) is 3. The highest BCUT2D eigenvalue weighted by Gasteiger charge is 2.10. The van der Waals surface area contributed by atoms with Crippen molar-refractivity contribution in [2.75, 3.05) is 0 Å². The second-order valence-corrected chi connectivity index (χ2v) is 4.99. The van der Waals surface area contributed by atoms with Crippen LogP contribution >= 0.6 is 31.9 Å². The van der Waals surface area contributed by atoms with E-state index < -0.39 is 0 Å². The summed E-state index contributed by atoms with van der Waals surface area (Å²) >= 11 is 6.69. The molecule has 0 fully saturated rings. The van der Waals surface area contributed by atoms with Gasteiger partial charge in [0.1, 0.15) is 4.60 Å². The maximum Gasteiger partial charge on any atom is 0.189 e. The Morgan fingerprint density at radius 3 is 2.53 bits per heavy atom. The van der Waals surface area contributed by atoms with Crippen LogP contribution in [0.15, 0.2) is 45.7 Å². The van der Waals surface area contributed by atoms with E-state index >= 15 is 0 Å². The summed E-state index contributed by atoms with van der Waals surface area (Å²) in [6, 6.07) is 9.85. The van der Waals surface area contributed by atoms with E-state index in [0.717, 1.165) is 5.56 Å². The lowest BCUT2D eigenvalue weighted by atomic mass is 10.2. The van der Waals surface area contributed by atoms with Gasteiger partial charge >= 0.3 is 0 Å². The summed E-state index contributed by atoms with van der Waals surface area (Å²) in [5, 5.41) is 4.41. The Bertz CT molecular complexity index is 679. The third kappa shape index (κ3) is 1.98. The third-order valence-corrected chi connectivity index (χ3v) is 3.20. The van der Waals surface area contributed by atoms with Crippen molar-refractivity contribution in [3.8, 4) is 11.4 Å². The molecule has 0 radical (unpaired) electrons. The van der Waals surface area contributed by atoms with Crippen LogP contribution in [0, 0.1) is 0 Å². The predicted octanol–water partition coefficient (Wildman–Crippen LogP) is 3.32. The Hall–Kier alpha value is -1.27. The maximum atomic E-state index is 4.45. The molecule has 0 aliphatic heterocycles. The quantitative estimate of drug-likeness (QED) is 0.674. The molecule has 3 aromatic rings. The second kappa shape index (κ2) is 4.19. The maximum absolute atomic E-state index is 4.45. The van der Waals surface area contributed by atoms with Crippen LogP contribution in [0.4, 0.5) is 0 Å². The first-order valence-corrected chi connectivity index (χ1v) is 6.46. The lowest BCUT2D eigenvalue weighted by Crippen LogP contribution is -1.91. The average Bonchev–Trinajstić information content (AvgIpc) is 2.74. The number of fused-ring (bicyclic) bond motifs is 1. The van der Waals surface area contributed by atoms with Crippen LogP contribution in [0.3, 0.4) is 0 Å². The lowest BCUT2D eigenvalue weighted by molar-refractivity contribution is 0.933. The third-order valence-electron chi connectivity index (χ3n) is 2.28. The van der Waals surface area contributed by atoms with Gasteiger partial charge < -0.3 is 0 Å². The van der Waals surface area contributed by atoms with Gasteiger partial charge in [-0.05, 0) is 31.9 Å². The van der Waals surface area contributed by atoms with E-state index in [0.29, 0.717) is 20.7 Å². The number of nitrogens with zero attached hydrogens (tertiary/aromatic N) is 4. The highest BCUT2D eigenvalue weighted by atomic mass is 79.9. The molecule has 0 aliphatic rings. The Morgan fingerprint density at radius 1 is 1.00 bits per heavy atom. The molecule has 84 valence electrons. The molecular formula is C11H6Br2N4. The van der Waals surface area contributed by atoms with E-state index in [1.54, 1.807) is 10.7 Å². The van der Waals surface area contributed by atoms with Gasteiger partial charge in [-0.15, -0.1) is 5.10 Å². The molecule has 0 amide bonds. The molecule has 0 unspecified atom stereocenters. The molecule has 1 aromatic carbocycles. The van der Waals surface area contributed by atoms with Gasteiger partial charge in [-0.3, -0.25) is 0 Å². The lowest BCUT2D eigenvalue weighted by Gasteiger charge is -1.93. The van der Waals surface area contributed by atoms with E-state index in [1.807, 2.05) is 30.3 Å². The fraction of sp³-hybridized carbons (Fsp3) is 0. The first kappa shape index (κ1) is 10.9. The Labute approximate surface area is 114 Å². The summed E-state index contributed by atoms with van der Waals surface area (Å²) < 4.78 is 3.08. The smallest absolute Gasteiger partial charge is 0.189 e. The van der Waals surface area contributed by atoms with Gasteiger partial charge in [-0.1, -0.05) is 30.3 Å². The standard InChI is InChI=1S/C11H6Br2N4/c12-8-6-17-11(9(13)14-8)15-10(16-17)7-4-2-1-3-5-7/h1-6H. The van der Waals surface area contributed by atoms with E-state index in [9.17, 15) is 0 Å². The summed E-state index contributed by atoms with van der Waals surface area (Å²) in [4.78, 5) is 8.66. The molecule has 0 saturated carbocycles. The van der Waals surface area contributed by atoms with Crippen molar-refractivity contribution in [2.45, 2.75) is 0 Å². The predicted molar refractivity (Wildman–Crippen MR) is 71.6 cm³/mol. The number of halogens is 2. The molecule has 0 bridgehead atoms. The summed E-state index contributed by atoms with van der Waals surface area (Å²) in [7, 11) is 0. The van der Waals surface area contributed by atoms with Crippen LogP contribution in [0.1, 0.15) is 0 Å². The zero-order valence-electron chi connectivity index (χ0n) is 8.51. The van der Waals surface area contributed by atoms with Crippen molar-refractivity contribution in [1.82, 2.24) is 19.6 Å². The molecule has 6 heteroatoms. The van der Waals surface area contributed by atoms with Crippen LogP contribution in [0.25, 0.3) is 17.0 Å². The minimum Gasteiger partial charge on any atom is -0.228 e. The molecule has 4 nitrogen and oxygen atoms in total. The fourth-order valence-electron chi connectivity index (χ4n) is 1.54. The number of rotatable bonds is 1. The van der Waals surface area contributed by atoms with Gasteiger partial charge in [0, 0.05) is 5.56 Å². The summed E-state index contributed by atoms with van der Waals surface area (Å²) in [6.07, 6.45) is 1.78. The van der Waals surface area contributed by atoms with Crippen molar-refractivity contribution in [3.05, 3.63) is 45.7 Å². The topological polar surface area (TPSA) is 43.1 Å². The number of aromatic nitrogens is 4. The van der Waals surface area contributed by atoms with Crippen molar-refractivity contribution in [3.63, 3.8) is 0 Å². The zero-order valence-corrected chi connectivity index (χ0v) is 11.7. The highest BCUT2D eigenvalue weighted by Crippen LogP contribution is 2.21. The molecule has 2 aromatic heterocycles. The first-order valence-electron chi connectivity index (χ1n) is 4.88. The van der Waals surface area contributed by atoms with E-state index in [1.165, 1.54) is 0 Å². The average molecular weight is 354 g/mol. The number of hydrogen-bond donors (Lipinski definition) is 0. The number of benzene rings is 1. The molecule has 0 aliphatic carbocycles. The monoisotopic (exact) mass is 352 g/mol. The summed E-state index contributed by atoms with van der Waals surface area (Å²) in [6.45, 7) is 0. The highest BCUT2D eigenvalue weighted by molar-refractivity contribution is 9.11. The molecular weight excluding hydrogens is 348 g/mol. The molecule has 0 atom stereocenters. The Morgan fingerprint density at radius 2 is 1.76 bits per heavy atom. The molecule has 2 heterocycles. The van der Waals surface area contributed by atoms with Crippen molar-refractivity contribution >= 4 is 37.5 Å². The van der Waals surface area contributed by atoms with Crippen molar-refractivity contribution < 1.29 is 0 Å². The normalized spacial score (nSPS) is 10.9. The fourth-order valence-corrected chi connectivity index (χ4v) is 2.61. The molecule has 3 rings (SSSR count). The Balaban J connectivity index is 2.24. The van der Waals surface area contributed by atoms with Crippen LogP contribution in [-0.2, 0) is 0 Å². The van der Waals surface area contributed by atoms with Crippen LogP contribution in [0.2, 0.25) is 0 Å². The van der Waals surface area contributed by atoms with E-state index in [-0.39, 0.29) is 0 Å². The van der Waals surface area contributed by atoms with Gasteiger partial charge in [0.25, 0.3) is 0 Å². The zero-order chi connectivity index (χ0) is 11.8. The van der Waals surface area contributed by atoms with E-state index in [2.05, 4.69) is 46.9 Å². The van der Waals surface area contributed by atoms with Gasteiger partial charge in [-0.25, -0.2) is 14.5 Å².